The molecule has 2 aromatic rings. The standard InChI is InChI=1S/C20H20O4/c1-4-5-13-8-15-12(2)19(24-20(15)18(9-13)21-3)14-6-7-16-17(10-14)23-11-22-16/h4-10,12,19H,11H2,1-3H3. The lowest BCUT2D eigenvalue weighted by Gasteiger charge is -2.16. The fraction of sp³-hybridized carbons (Fsp3) is 0.300. The minimum absolute atomic E-state index is 0.0655. The Kier molecular flexibility index (Phi) is 3.60. The topological polar surface area (TPSA) is 36.9 Å². The molecule has 0 radical (unpaired) electrons. The van der Waals surface area contributed by atoms with Crippen LogP contribution >= 0.6 is 0 Å². The molecule has 0 saturated heterocycles. The second-order valence-corrected chi connectivity index (χ2v) is 6.08. The molecule has 0 saturated carbocycles. The first kappa shape index (κ1) is 14.9. The minimum Gasteiger partial charge on any atom is -0.493 e. The van der Waals surface area contributed by atoms with Crippen molar-refractivity contribution in [1.82, 2.24) is 0 Å². The van der Waals surface area contributed by atoms with Crippen molar-refractivity contribution >= 4 is 6.08 Å². The van der Waals surface area contributed by atoms with Gasteiger partial charge in [-0.1, -0.05) is 25.1 Å². The maximum Gasteiger partial charge on any atom is 0.231 e. The van der Waals surface area contributed by atoms with Crippen molar-refractivity contribution in [3.8, 4) is 23.0 Å². The molecule has 2 aromatic carbocycles. The summed E-state index contributed by atoms with van der Waals surface area (Å²) in [7, 11) is 1.68. The van der Waals surface area contributed by atoms with Gasteiger partial charge in [-0.05, 0) is 42.3 Å². The Bertz CT molecular complexity index is 810. The average Bonchev–Trinajstić information content (AvgIpc) is 3.19. The van der Waals surface area contributed by atoms with E-state index in [0.717, 1.165) is 34.1 Å². The summed E-state index contributed by atoms with van der Waals surface area (Å²) in [5, 5.41) is 0. The van der Waals surface area contributed by atoms with Crippen LogP contribution in [0.15, 0.2) is 36.4 Å². The summed E-state index contributed by atoms with van der Waals surface area (Å²) in [5.74, 6) is 3.40. The van der Waals surface area contributed by atoms with Crippen molar-refractivity contribution in [2.75, 3.05) is 13.9 Å². The fourth-order valence-electron chi connectivity index (χ4n) is 3.39. The first-order valence-corrected chi connectivity index (χ1v) is 8.12. The third kappa shape index (κ3) is 2.30. The quantitative estimate of drug-likeness (QED) is 0.820. The van der Waals surface area contributed by atoms with Gasteiger partial charge in [-0.3, -0.25) is 0 Å². The molecule has 124 valence electrons. The largest absolute Gasteiger partial charge is 0.493 e. The Hall–Kier alpha value is -2.62. The highest BCUT2D eigenvalue weighted by molar-refractivity contribution is 5.62. The lowest BCUT2D eigenvalue weighted by molar-refractivity contribution is 0.173. The number of allylic oxidation sites excluding steroid dienone is 1. The van der Waals surface area contributed by atoms with Crippen LogP contribution in [0.3, 0.4) is 0 Å². The van der Waals surface area contributed by atoms with Gasteiger partial charge in [0.05, 0.1) is 7.11 Å². The number of methoxy groups -OCH3 is 1. The number of fused-ring (bicyclic) bond motifs is 2. The molecule has 0 fully saturated rings. The molecule has 24 heavy (non-hydrogen) atoms. The number of ether oxygens (including phenoxy) is 4. The van der Waals surface area contributed by atoms with E-state index in [0.29, 0.717) is 0 Å². The molecular weight excluding hydrogens is 304 g/mol. The predicted molar refractivity (Wildman–Crippen MR) is 92.1 cm³/mol. The SMILES string of the molecule is CC=Cc1cc(OC)c2c(c1)C(C)C(c1ccc3c(c1)OCO3)O2. The molecule has 0 bridgehead atoms. The van der Waals surface area contributed by atoms with E-state index in [2.05, 4.69) is 19.1 Å². The van der Waals surface area contributed by atoms with Crippen LogP contribution in [0.1, 0.15) is 42.6 Å². The van der Waals surface area contributed by atoms with E-state index in [4.69, 9.17) is 18.9 Å². The van der Waals surface area contributed by atoms with Gasteiger partial charge in [-0.25, -0.2) is 0 Å². The highest BCUT2D eigenvalue weighted by Crippen LogP contribution is 2.51. The van der Waals surface area contributed by atoms with Crippen molar-refractivity contribution in [3.63, 3.8) is 0 Å². The fourth-order valence-corrected chi connectivity index (χ4v) is 3.39. The monoisotopic (exact) mass is 324 g/mol. The summed E-state index contributed by atoms with van der Waals surface area (Å²) in [6.45, 7) is 4.47. The molecule has 4 heteroatoms. The number of hydrogen-bond donors (Lipinski definition) is 0. The second kappa shape index (κ2) is 5.78. The lowest BCUT2D eigenvalue weighted by atomic mass is 9.91. The lowest BCUT2D eigenvalue weighted by Crippen LogP contribution is -2.07. The summed E-state index contributed by atoms with van der Waals surface area (Å²) < 4.78 is 22.7. The summed E-state index contributed by atoms with van der Waals surface area (Å²) in [4.78, 5) is 0. The molecule has 0 N–H and O–H groups in total. The van der Waals surface area contributed by atoms with Gasteiger partial charge in [0, 0.05) is 11.5 Å². The van der Waals surface area contributed by atoms with Crippen LogP contribution < -0.4 is 18.9 Å². The third-order valence-electron chi connectivity index (χ3n) is 4.60. The Morgan fingerprint density at radius 3 is 2.75 bits per heavy atom. The van der Waals surface area contributed by atoms with Gasteiger partial charge in [-0.2, -0.15) is 0 Å². The first-order chi connectivity index (χ1) is 11.7. The van der Waals surface area contributed by atoms with Crippen molar-refractivity contribution < 1.29 is 18.9 Å². The number of rotatable bonds is 3. The number of hydrogen-bond acceptors (Lipinski definition) is 4. The second-order valence-electron chi connectivity index (χ2n) is 6.08. The molecule has 2 aliphatic heterocycles. The average molecular weight is 324 g/mol. The molecule has 0 aliphatic carbocycles. The molecule has 2 aliphatic rings. The molecule has 0 amide bonds. The highest BCUT2D eigenvalue weighted by Gasteiger charge is 2.35. The molecule has 2 atom stereocenters. The molecule has 4 nitrogen and oxygen atoms in total. The summed E-state index contributed by atoms with van der Waals surface area (Å²) in [6.07, 6.45) is 4.03. The van der Waals surface area contributed by atoms with Crippen molar-refractivity contribution in [2.45, 2.75) is 25.9 Å². The first-order valence-electron chi connectivity index (χ1n) is 8.12. The van der Waals surface area contributed by atoms with E-state index < -0.39 is 0 Å². The molecular formula is C20H20O4. The van der Waals surface area contributed by atoms with Crippen molar-refractivity contribution in [3.05, 3.63) is 53.1 Å². The molecule has 2 heterocycles. The number of benzene rings is 2. The summed E-state index contributed by atoms with van der Waals surface area (Å²) in [5.41, 5.74) is 3.37. The van der Waals surface area contributed by atoms with E-state index in [1.165, 1.54) is 5.56 Å². The van der Waals surface area contributed by atoms with Crippen molar-refractivity contribution in [2.24, 2.45) is 0 Å². The Balaban J connectivity index is 1.73. The van der Waals surface area contributed by atoms with Crippen LogP contribution in [0.25, 0.3) is 6.08 Å². The van der Waals surface area contributed by atoms with Crippen LogP contribution in [0.4, 0.5) is 0 Å². The zero-order valence-corrected chi connectivity index (χ0v) is 14.0. The Labute approximate surface area is 141 Å². The third-order valence-corrected chi connectivity index (χ3v) is 4.60. The van der Waals surface area contributed by atoms with Gasteiger partial charge in [0.25, 0.3) is 0 Å². The normalized spacial score (nSPS) is 21.0. The smallest absolute Gasteiger partial charge is 0.231 e. The van der Waals surface area contributed by atoms with Crippen molar-refractivity contribution in [1.29, 1.82) is 0 Å². The Morgan fingerprint density at radius 2 is 1.96 bits per heavy atom. The molecule has 4 rings (SSSR count). The van der Waals surface area contributed by atoms with E-state index >= 15 is 0 Å². The zero-order chi connectivity index (χ0) is 16.7. The van der Waals surface area contributed by atoms with Gasteiger partial charge < -0.3 is 18.9 Å². The van der Waals surface area contributed by atoms with E-state index in [1.807, 2.05) is 37.3 Å². The van der Waals surface area contributed by atoms with Crippen LogP contribution in [-0.2, 0) is 0 Å². The summed E-state index contributed by atoms with van der Waals surface area (Å²) in [6, 6.07) is 10.2. The van der Waals surface area contributed by atoms with Crippen LogP contribution in [0.2, 0.25) is 0 Å². The minimum atomic E-state index is -0.0655. The maximum absolute atomic E-state index is 6.27. The van der Waals surface area contributed by atoms with Gasteiger partial charge in [0.15, 0.2) is 23.0 Å². The van der Waals surface area contributed by atoms with E-state index in [1.54, 1.807) is 7.11 Å². The van der Waals surface area contributed by atoms with E-state index in [9.17, 15) is 0 Å². The van der Waals surface area contributed by atoms with Gasteiger partial charge >= 0.3 is 0 Å². The molecule has 0 spiro atoms. The zero-order valence-electron chi connectivity index (χ0n) is 14.0. The maximum atomic E-state index is 6.27. The van der Waals surface area contributed by atoms with E-state index in [-0.39, 0.29) is 18.8 Å². The van der Waals surface area contributed by atoms with Crippen LogP contribution in [0, 0.1) is 0 Å². The van der Waals surface area contributed by atoms with Gasteiger partial charge in [-0.15, -0.1) is 0 Å². The molecule has 0 aromatic heterocycles. The molecule has 2 unspecified atom stereocenters. The van der Waals surface area contributed by atoms with Gasteiger partial charge in [0.2, 0.25) is 6.79 Å². The summed E-state index contributed by atoms with van der Waals surface area (Å²) >= 11 is 0. The van der Waals surface area contributed by atoms with Crippen LogP contribution in [-0.4, -0.2) is 13.9 Å². The predicted octanol–water partition coefficient (Wildman–Crippen LogP) is 4.69. The Morgan fingerprint density at radius 1 is 1.12 bits per heavy atom. The van der Waals surface area contributed by atoms with Crippen LogP contribution in [0.5, 0.6) is 23.0 Å². The highest BCUT2D eigenvalue weighted by atomic mass is 16.7. The van der Waals surface area contributed by atoms with Gasteiger partial charge in [0.1, 0.15) is 6.10 Å².